The van der Waals surface area contributed by atoms with Crippen molar-refractivity contribution in [2.45, 2.75) is 92.6 Å². The van der Waals surface area contributed by atoms with E-state index in [0.717, 1.165) is 24.5 Å². The molecule has 2 heteroatoms. The highest BCUT2D eigenvalue weighted by atomic mass is 16.5. The Labute approximate surface area is 202 Å². The van der Waals surface area contributed by atoms with Crippen molar-refractivity contribution in [2.75, 3.05) is 0 Å². The van der Waals surface area contributed by atoms with E-state index < -0.39 is 0 Å². The van der Waals surface area contributed by atoms with Crippen LogP contribution in [0.25, 0.3) is 0 Å². The van der Waals surface area contributed by atoms with Crippen LogP contribution in [0.5, 0.6) is 5.75 Å². The van der Waals surface area contributed by atoms with Crippen LogP contribution in [0.15, 0.2) is 42.5 Å². The zero-order valence-electron chi connectivity index (χ0n) is 21.7. The Hall–Kier alpha value is -2.27. The quantitative estimate of drug-likeness (QED) is 0.446. The number of nitrogens with zero attached hydrogens (tertiary/aromatic N) is 1. The molecule has 0 spiro atoms. The normalized spacial score (nSPS) is 26.6. The predicted octanol–water partition coefficient (Wildman–Crippen LogP) is 8.49. The maximum atomic E-state index is 9.27. The lowest BCUT2D eigenvalue weighted by Gasteiger charge is -2.53. The van der Waals surface area contributed by atoms with Gasteiger partial charge in [0.1, 0.15) is 12.4 Å². The summed E-state index contributed by atoms with van der Waals surface area (Å²) in [4.78, 5) is 0. The summed E-state index contributed by atoms with van der Waals surface area (Å²) < 4.78 is 6.30. The first-order valence-electron chi connectivity index (χ1n) is 13.2. The van der Waals surface area contributed by atoms with E-state index in [2.05, 4.69) is 70.2 Å². The highest BCUT2D eigenvalue weighted by Gasteiger charge is 2.48. The van der Waals surface area contributed by atoms with Gasteiger partial charge in [0.05, 0.1) is 6.07 Å². The number of benzene rings is 2. The molecule has 5 unspecified atom stereocenters. The van der Waals surface area contributed by atoms with E-state index in [1.165, 1.54) is 36.0 Å². The van der Waals surface area contributed by atoms with Crippen molar-refractivity contribution in [2.24, 2.45) is 23.2 Å². The minimum absolute atomic E-state index is 0.278. The number of hydrogen-bond acceptors (Lipinski definition) is 2. The summed E-state index contributed by atoms with van der Waals surface area (Å²) in [5, 5.41) is 9.27. The zero-order chi connectivity index (χ0) is 24.0. The third kappa shape index (κ3) is 5.13. The number of fused-ring (bicyclic) bond motifs is 3. The lowest BCUT2D eigenvalue weighted by molar-refractivity contribution is 0.00151. The molecule has 4 rings (SSSR count). The molecule has 5 atom stereocenters. The van der Waals surface area contributed by atoms with E-state index in [9.17, 15) is 5.26 Å². The zero-order valence-corrected chi connectivity index (χ0v) is 21.7. The first kappa shape index (κ1) is 25.4. The Morgan fingerprint density at radius 1 is 1.15 bits per heavy atom. The average molecular weight is 446 g/mol. The fourth-order valence-electron chi connectivity index (χ4n) is 6.36. The van der Waals surface area contributed by atoms with Gasteiger partial charge in [0, 0.05) is 6.42 Å². The molecule has 2 nitrogen and oxygen atoms in total. The molecule has 1 saturated carbocycles. The summed E-state index contributed by atoms with van der Waals surface area (Å²) >= 11 is 0. The highest BCUT2D eigenvalue weighted by Crippen LogP contribution is 2.57. The van der Waals surface area contributed by atoms with Crippen molar-refractivity contribution in [3.8, 4) is 11.8 Å². The van der Waals surface area contributed by atoms with Gasteiger partial charge in [0.2, 0.25) is 0 Å². The predicted molar refractivity (Wildman–Crippen MR) is 138 cm³/mol. The molecule has 0 saturated heterocycles. The van der Waals surface area contributed by atoms with E-state index in [1.807, 2.05) is 19.9 Å². The van der Waals surface area contributed by atoms with Gasteiger partial charge in [-0.1, -0.05) is 77.9 Å². The van der Waals surface area contributed by atoms with Gasteiger partial charge < -0.3 is 4.74 Å². The Morgan fingerprint density at radius 2 is 1.88 bits per heavy atom. The van der Waals surface area contributed by atoms with Crippen molar-refractivity contribution in [3.63, 3.8) is 0 Å². The minimum atomic E-state index is 0.278. The Bertz CT molecular complexity index is 943. The van der Waals surface area contributed by atoms with Gasteiger partial charge in [-0.3, -0.25) is 0 Å². The molecule has 2 aromatic rings. The Kier molecular flexibility index (Phi) is 8.63. The smallest absolute Gasteiger partial charge is 0.123 e. The van der Waals surface area contributed by atoms with Gasteiger partial charge in [0.25, 0.3) is 0 Å². The van der Waals surface area contributed by atoms with Crippen molar-refractivity contribution >= 4 is 0 Å². The molecule has 0 bridgehead atoms. The summed E-state index contributed by atoms with van der Waals surface area (Å²) in [5.74, 6) is 3.58. The molecular formula is C31H43NO. The molecule has 0 radical (unpaired) electrons. The van der Waals surface area contributed by atoms with E-state index in [0.29, 0.717) is 30.8 Å². The molecule has 0 amide bonds. The first-order chi connectivity index (χ1) is 16.0. The standard InChI is InChI=1S/C29H37NO.C2H6/c1-5-23-17-27-24(18-28(23)31-19-22-9-7-6-8-10-22)11-12-25-21(3)29(4,15-13-26(25)27)20(2)14-16-30;1-2/h6-10,17-18,20-21,25-26H,5,11-15,19H2,1-4H3;1-2H3. The van der Waals surface area contributed by atoms with Crippen LogP contribution in [0.3, 0.4) is 0 Å². The molecule has 2 aromatic carbocycles. The largest absolute Gasteiger partial charge is 0.489 e. The van der Waals surface area contributed by atoms with Crippen LogP contribution in [-0.2, 0) is 19.4 Å². The van der Waals surface area contributed by atoms with Crippen LogP contribution in [0.1, 0.15) is 95.4 Å². The number of rotatable bonds is 6. The van der Waals surface area contributed by atoms with Crippen molar-refractivity contribution < 1.29 is 4.74 Å². The van der Waals surface area contributed by atoms with Crippen LogP contribution >= 0.6 is 0 Å². The van der Waals surface area contributed by atoms with Crippen LogP contribution < -0.4 is 4.74 Å². The summed E-state index contributed by atoms with van der Waals surface area (Å²) in [6, 6.07) is 17.7. The van der Waals surface area contributed by atoms with Gasteiger partial charge in [0.15, 0.2) is 0 Å². The molecule has 2 aliphatic carbocycles. The maximum Gasteiger partial charge on any atom is 0.123 e. The van der Waals surface area contributed by atoms with Gasteiger partial charge in [-0.15, -0.1) is 0 Å². The maximum absolute atomic E-state index is 9.27. The molecule has 0 heterocycles. The van der Waals surface area contributed by atoms with Crippen molar-refractivity contribution in [1.82, 2.24) is 0 Å². The molecule has 1 fully saturated rings. The second kappa shape index (κ2) is 11.2. The Morgan fingerprint density at radius 3 is 2.55 bits per heavy atom. The van der Waals surface area contributed by atoms with Crippen LogP contribution in [0.4, 0.5) is 0 Å². The summed E-state index contributed by atoms with van der Waals surface area (Å²) in [5.41, 5.74) is 5.92. The third-order valence-electron chi connectivity index (χ3n) is 8.80. The van der Waals surface area contributed by atoms with Crippen LogP contribution in [0, 0.1) is 34.5 Å². The van der Waals surface area contributed by atoms with E-state index in [1.54, 1.807) is 5.56 Å². The Balaban J connectivity index is 0.00000149. The lowest BCUT2D eigenvalue weighted by Crippen LogP contribution is -2.44. The van der Waals surface area contributed by atoms with Crippen LogP contribution in [0.2, 0.25) is 0 Å². The van der Waals surface area contributed by atoms with Gasteiger partial charge in [-0.2, -0.15) is 5.26 Å². The topological polar surface area (TPSA) is 33.0 Å². The monoisotopic (exact) mass is 445 g/mol. The van der Waals surface area contributed by atoms with Gasteiger partial charge in [-0.05, 0) is 89.5 Å². The molecule has 2 aliphatic rings. The lowest BCUT2D eigenvalue weighted by atomic mass is 9.52. The minimum Gasteiger partial charge on any atom is -0.489 e. The number of aryl methyl sites for hydroxylation is 2. The molecule has 0 aromatic heterocycles. The molecule has 0 aliphatic heterocycles. The summed E-state index contributed by atoms with van der Waals surface area (Å²) in [6.45, 7) is 14.1. The third-order valence-corrected chi connectivity index (χ3v) is 8.80. The molecular weight excluding hydrogens is 402 g/mol. The van der Waals surface area contributed by atoms with E-state index >= 15 is 0 Å². The van der Waals surface area contributed by atoms with Crippen molar-refractivity contribution in [3.05, 3.63) is 64.7 Å². The fraction of sp³-hybridized carbons (Fsp3) is 0.581. The fourth-order valence-corrected chi connectivity index (χ4v) is 6.36. The SMILES string of the molecule is CC.CCc1cc2c(cc1OCc1ccccc1)CCC1C2CCC(C)(C(C)CC#N)C1C. The highest BCUT2D eigenvalue weighted by molar-refractivity contribution is 5.46. The molecule has 178 valence electrons. The van der Waals surface area contributed by atoms with Crippen LogP contribution in [-0.4, -0.2) is 0 Å². The first-order valence-corrected chi connectivity index (χ1v) is 13.2. The van der Waals surface area contributed by atoms with Gasteiger partial charge in [-0.25, -0.2) is 0 Å². The van der Waals surface area contributed by atoms with E-state index in [4.69, 9.17) is 4.74 Å². The number of nitriles is 1. The second-order valence-corrected chi connectivity index (χ2v) is 10.2. The number of ether oxygens (including phenoxy) is 1. The second-order valence-electron chi connectivity index (χ2n) is 10.2. The van der Waals surface area contributed by atoms with Crippen molar-refractivity contribution in [1.29, 1.82) is 5.26 Å². The summed E-state index contributed by atoms with van der Waals surface area (Å²) in [6.07, 6.45) is 6.57. The molecule has 0 N–H and O–H groups in total. The molecule has 33 heavy (non-hydrogen) atoms. The summed E-state index contributed by atoms with van der Waals surface area (Å²) in [7, 11) is 0. The number of hydrogen-bond donors (Lipinski definition) is 0. The van der Waals surface area contributed by atoms with E-state index in [-0.39, 0.29) is 5.41 Å². The average Bonchev–Trinajstić information content (AvgIpc) is 2.86. The van der Waals surface area contributed by atoms with Gasteiger partial charge >= 0.3 is 0 Å².